The van der Waals surface area contributed by atoms with Gasteiger partial charge in [-0.2, -0.15) is 5.10 Å². The zero-order chi connectivity index (χ0) is 12.4. The van der Waals surface area contributed by atoms with Crippen molar-refractivity contribution < 1.29 is 4.52 Å². The number of aromatic amines is 1. The quantitative estimate of drug-likeness (QED) is 0.911. The van der Waals surface area contributed by atoms with Gasteiger partial charge in [-0.05, 0) is 20.9 Å². The van der Waals surface area contributed by atoms with Gasteiger partial charge in [-0.15, -0.1) is 0 Å². The Bertz CT molecular complexity index is 480. The fourth-order valence-electron chi connectivity index (χ4n) is 1.61. The maximum atomic E-state index is 6.13. The van der Waals surface area contributed by atoms with E-state index in [2.05, 4.69) is 27.2 Å². The van der Waals surface area contributed by atoms with Gasteiger partial charge in [0, 0.05) is 12.6 Å². The van der Waals surface area contributed by atoms with E-state index in [0.29, 0.717) is 11.6 Å². The summed E-state index contributed by atoms with van der Waals surface area (Å²) < 4.78 is 4.84. The summed E-state index contributed by atoms with van der Waals surface area (Å²) in [6.45, 7) is 4.63. The number of hydrogen-bond donors (Lipinski definition) is 1. The Morgan fingerprint density at radius 3 is 2.88 bits per heavy atom. The highest BCUT2D eigenvalue weighted by atomic mass is 35.5. The van der Waals surface area contributed by atoms with Crippen molar-refractivity contribution in [3.05, 3.63) is 34.4 Å². The molecule has 2 rings (SSSR count). The summed E-state index contributed by atoms with van der Waals surface area (Å²) >= 11 is 6.13. The minimum Gasteiger partial charge on any atom is -0.364 e. The maximum absolute atomic E-state index is 6.13. The molecule has 0 saturated carbocycles. The summed E-state index contributed by atoms with van der Waals surface area (Å²) in [6.07, 6.45) is 1.57. The summed E-state index contributed by atoms with van der Waals surface area (Å²) in [4.78, 5) is 2.11. The summed E-state index contributed by atoms with van der Waals surface area (Å²) in [5.41, 5.74) is 2.64. The van der Waals surface area contributed by atoms with Gasteiger partial charge in [0.25, 0.3) is 0 Å². The second-order valence-corrected chi connectivity index (χ2v) is 4.50. The van der Waals surface area contributed by atoms with Crippen molar-refractivity contribution in [1.82, 2.24) is 20.3 Å². The van der Waals surface area contributed by atoms with Gasteiger partial charge >= 0.3 is 0 Å². The standard InChI is InChI=1S/C11H15ClN4O/c1-7-11(12)10(14-13-7)6-16(3)8(2)9-4-5-17-15-9/h4-5,8H,6H2,1-3H3,(H,13,14)/t8-/m0/s1. The van der Waals surface area contributed by atoms with Crippen LogP contribution in [0.5, 0.6) is 0 Å². The maximum Gasteiger partial charge on any atom is 0.124 e. The molecule has 92 valence electrons. The number of rotatable bonds is 4. The van der Waals surface area contributed by atoms with Crippen LogP contribution in [0.15, 0.2) is 16.9 Å². The van der Waals surface area contributed by atoms with Gasteiger partial charge < -0.3 is 4.52 Å². The van der Waals surface area contributed by atoms with Crippen molar-refractivity contribution in [1.29, 1.82) is 0 Å². The topological polar surface area (TPSA) is 58.0 Å². The average Bonchev–Trinajstić information content (AvgIpc) is 2.93. The Morgan fingerprint density at radius 2 is 2.35 bits per heavy atom. The van der Waals surface area contributed by atoms with Gasteiger partial charge in [-0.3, -0.25) is 10.00 Å². The fourth-order valence-corrected chi connectivity index (χ4v) is 1.75. The number of halogens is 1. The molecule has 0 spiro atoms. The molecule has 0 aromatic carbocycles. The number of H-pyrrole nitrogens is 1. The normalized spacial score (nSPS) is 13.2. The molecule has 0 amide bonds. The predicted molar refractivity (Wildman–Crippen MR) is 64.7 cm³/mol. The molecule has 0 saturated heterocycles. The van der Waals surface area contributed by atoms with Gasteiger partial charge in [0.1, 0.15) is 12.0 Å². The second kappa shape index (κ2) is 4.89. The van der Waals surface area contributed by atoms with Crippen LogP contribution in [0.1, 0.15) is 30.0 Å². The van der Waals surface area contributed by atoms with E-state index in [9.17, 15) is 0 Å². The van der Waals surface area contributed by atoms with E-state index in [0.717, 1.165) is 17.1 Å². The monoisotopic (exact) mass is 254 g/mol. The molecular formula is C11H15ClN4O. The van der Waals surface area contributed by atoms with E-state index in [1.54, 1.807) is 6.26 Å². The second-order valence-electron chi connectivity index (χ2n) is 4.12. The third-order valence-electron chi connectivity index (χ3n) is 2.89. The molecular weight excluding hydrogens is 240 g/mol. The number of hydrogen-bond acceptors (Lipinski definition) is 4. The molecule has 0 unspecified atom stereocenters. The van der Waals surface area contributed by atoms with Crippen molar-refractivity contribution in [2.45, 2.75) is 26.4 Å². The van der Waals surface area contributed by atoms with Gasteiger partial charge in [0.2, 0.25) is 0 Å². The number of nitrogens with one attached hydrogen (secondary N) is 1. The smallest absolute Gasteiger partial charge is 0.124 e. The fraction of sp³-hybridized carbons (Fsp3) is 0.455. The van der Waals surface area contributed by atoms with Crippen LogP contribution < -0.4 is 0 Å². The van der Waals surface area contributed by atoms with Crippen LogP contribution in [-0.2, 0) is 6.54 Å². The van der Waals surface area contributed by atoms with Crippen molar-refractivity contribution in [2.75, 3.05) is 7.05 Å². The number of aryl methyl sites for hydroxylation is 1. The zero-order valence-corrected chi connectivity index (χ0v) is 10.8. The lowest BCUT2D eigenvalue weighted by Gasteiger charge is -2.21. The molecule has 0 radical (unpaired) electrons. The summed E-state index contributed by atoms with van der Waals surface area (Å²) in [5, 5.41) is 11.7. The number of nitrogens with zero attached hydrogens (tertiary/aromatic N) is 3. The SMILES string of the molecule is Cc1[nH]nc(CN(C)[C@@H](C)c2ccon2)c1Cl. The van der Waals surface area contributed by atoms with E-state index in [1.165, 1.54) is 0 Å². The molecule has 5 nitrogen and oxygen atoms in total. The third-order valence-corrected chi connectivity index (χ3v) is 3.39. The highest BCUT2D eigenvalue weighted by molar-refractivity contribution is 6.31. The van der Waals surface area contributed by atoms with E-state index in [1.807, 2.05) is 20.0 Å². The van der Waals surface area contributed by atoms with Gasteiger partial charge in [0.15, 0.2) is 0 Å². The van der Waals surface area contributed by atoms with Crippen molar-refractivity contribution in [2.24, 2.45) is 0 Å². The molecule has 0 fully saturated rings. The molecule has 1 atom stereocenters. The first kappa shape index (κ1) is 12.1. The predicted octanol–water partition coefficient (Wildman–Crippen LogP) is 2.55. The van der Waals surface area contributed by atoms with Crippen LogP contribution in [0, 0.1) is 6.92 Å². The third kappa shape index (κ3) is 2.50. The van der Waals surface area contributed by atoms with Gasteiger partial charge in [-0.1, -0.05) is 16.8 Å². The van der Waals surface area contributed by atoms with E-state index in [-0.39, 0.29) is 6.04 Å². The minimum absolute atomic E-state index is 0.154. The lowest BCUT2D eigenvalue weighted by Crippen LogP contribution is -2.22. The lowest BCUT2D eigenvalue weighted by atomic mass is 10.2. The highest BCUT2D eigenvalue weighted by Crippen LogP contribution is 2.23. The Hall–Kier alpha value is -1.33. The van der Waals surface area contributed by atoms with Crippen molar-refractivity contribution in [3.63, 3.8) is 0 Å². The van der Waals surface area contributed by atoms with Crippen LogP contribution in [0.4, 0.5) is 0 Å². The highest BCUT2D eigenvalue weighted by Gasteiger charge is 2.17. The van der Waals surface area contributed by atoms with Crippen LogP contribution in [0.3, 0.4) is 0 Å². The first-order chi connectivity index (χ1) is 8.09. The van der Waals surface area contributed by atoms with Crippen LogP contribution in [0.25, 0.3) is 0 Å². The first-order valence-electron chi connectivity index (χ1n) is 5.39. The molecule has 0 bridgehead atoms. The van der Waals surface area contributed by atoms with E-state index in [4.69, 9.17) is 16.1 Å². The summed E-state index contributed by atoms with van der Waals surface area (Å²) in [7, 11) is 2.00. The Balaban J connectivity index is 2.07. The Labute approximate surface area is 105 Å². The average molecular weight is 255 g/mol. The van der Waals surface area contributed by atoms with Crippen LogP contribution in [-0.4, -0.2) is 27.3 Å². The molecule has 0 aliphatic carbocycles. The molecule has 17 heavy (non-hydrogen) atoms. The lowest BCUT2D eigenvalue weighted by molar-refractivity contribution is 0.238. The van der Waals surface area contributed by atoms with Gasteiger partial charge in [-0.25, -0.2) is 0 Å². The minimum atomic E-state index is 0.154. The van der Waals surface area contributed by atoms with E-state index >= 15 is 0 Å². The molecule has 2 aromatic heterocycles. The molecule has 1 N–H and O–H groups in total. The zero-order valence-electron chi connectivity index (χ0n) is 10.1. The Morgan fingerprint density at radius 1 is 1.59 bits per heavy atom. The van der Waals surface area contributed by atoms with Crippen LogP contribution in [0.2, 0.25) is 5.02 Å². The summed E-state index contributed by atoms with van der Waals surface area (Å²) in [5.74, 6) is 0. The molecule has 0 aliphatic rings. The number of aromatic nitrogens is 3. The first-order valence-corrected chi connectivity index (χ1v) is 5.77. The van der Waals surface area contributed by atoms with Crippen molar-refractivity contribution in [3.8, 4) is 0 Å². The molecule has 0 aliphatic heterocycles. The largest absolute Gasteiger partial charge is 0.364 e. The summed E-state index contributed by atoms with van der Waals surface area (Å²) in [6, 6.07) is 2.01. The van der Waals surface area contributed by atoms with Crippen LogP contribution >= 0.6 is 11.6 Å². The molecule has 2 heterocycles. The Kier molecular flexibility index (Phi) is 3.49. The molecule has 2 aromatic rings. The van der Waals surface area contributed by atoms with Gasteiger partial charge in [0.05, 0.1) is 22.5 Å². The van der Waals surface area contributed by atoms with Crippen molar-refractivity contribution >= 4 is 11.6 Å². The molecule has 6 heteroatoms. The van der Waals surface area contributed by atoms with E-state index < -0.39 is 0 Å².